The molecule has 0 radical (unpaired) electrons. The highest BCUT2D eigenvalue weighted by Gasteiger charge is 1.90. The van der Waals surface area contributed by atoms with Gasteiger partial charge >= 0.3 is 0 Å². The van der Waals surface area contributed by atoms with E-state index in [1.165, 1.54) is 11.1 Å². The van der Waals surface area contributed by atoms with Crippen molar-refractivity contribution in [2.45, 2.75) is 13.5 Å². The Morgan fingerprint density at radius 1 is 0.824 bits per heavy atom. The highest BCUT2D eigenvalue weighted by Crippen LogP contribution is 2.10. The number of aliphatic hydroxyl groups is 1. The number of aliphatic hydroxyl groups excluding tert-OH is 1. The predicted molar refractivity (Wildman–Crippen MR) is 72.5 cm³/mol. The van der Waals surface area contributed by atoms with E-state index in [9.17, 15) is 0 Å². The first-order chi connectivity index (χ1) is 8.28. The molecule has 0 bridgehead atoms. The first-order valence-electron chi connectivity index (χ1n) is 5.72. The van der Waals surface area contributed by atoms with Gasteiger partial charge in [0.1, 0.15) is 0 Å². The van der Waals surface area contributed by atoms with E-state index in [0.29, 0.717) is 0 Å². The van der Waals surface area contributed by atoms with Crippen LogP contribution in [0.4, 0.5) is 0 Å². The summed E-state index contributed by atoms with van der Waals surface area (Å²) in [6.45, 7) is 2.18. The molecule has 0 amide bonds. The van der Waals surface area contributed by atoms with Gasteiger partial charge in [0.25, 0.3) is 0 Å². The van der Waals surface area contributed by atoms with E-state index >= 15 is 0 Å². The van der Waals surface area contributed by atoms with Gasteiger partial charge in [-0.15, -0.1) is 0 Å². The molecule has 0 atom stereocenters. The lowest BCUT2D eigenvalue weighted by Gasteiger charge is -1.98. The average Bonchev–Trinajstić information content (AvgIpc) is 2.39. The van der Waals surface area contributed by atoms with Gasteiger partial charge in [0.15, 0.2) is 0 Å². The van der Waals surface area contributed by atoms with Crippen LogP contribution in [-0.4, -0.2) is 5.11 Å². The zero-order valence-corrected chi connectivity index (χ0v) is 9.93. The molecule has 1 N–H and O–H groups in total. The smallest absolute Gasteiger partial charge is 0.0681 e. The van der Waals surface area contributed by atoms with E-state index < -0.39 is 0 Å². The van der Waals surface area contributed by atoms with Gasteiger partial charge in [0.05, 0.1) is 6.61 Å². The molecule has 86 valence electrons. The second-order valence-electron chi connectivity index (χ2n) is 4.14. The molecule has 0 saturated carbocycles. The van der Waals surface area contributed by atoms with Crippen LogP contribution in [0, 0.1) is 6.92 Å². The number of hydrogen-bond acceptors (Lipinski definition) is 1. The van der Waals surface area contributed by atoms with Crippen molar-refractivity contribution in [2.24, 2.45) is 0 Å². The van der Waals surface area contributed by atoms with Gasteiger partial charge in [-0.25, -0.2) is 0 Å². The molecule has 2 aromatic rings. The molecule has 2 aromatic carbocycles. The molecular weight excluding hydrogens is 208 g/mol. The number of aryl methyl sites for hydroxylation is 1. The van der Waals surface area contributed by atoms with Crippen LogP contribution in [0.3, 0.4) is 0 Å². The van der Waals surface area contributed by atoms with Crippen LogP contribution in [0.5, 0.6) is 0 Å². The molecule has 0 aromatic heterocycles. The van der Waals surface area contributed by atoms with Gasteiger partial charge in [-0.2, -0.15) is 0 Å². The largest absolute Gasteiger partial charge is 0.392 e. The molecule has 0 unspecified atom stereocenters. The summed E-state index contributed by atoms with van der Waals surface area (Å²) in [6.07, 6.45) is 4.17. The normalized spacial score (nSPS) is 10.9. The predicted octanol–water partition coefficient (Wildman–Crippen LogP) is 3.66. The van der Waals surface area contributed by atoms with Gasteiger partial charge in [-0.05, 0) is 23.6 Å². The van der Waals surface area contributed by atoms with Crippen molar-refractivity contribution >= 4 is 12.2 Å². The summed E-state index contributed by atoms with van der Waals surface area (Å²) in [5.74, 6) is 0. The van der Waals surface area contributed by atoms with Gasteiger partial charge < -0.3 is 5.11 Å². The molecule has 0 spiro atoms. The number of rotatable bonds is 3. The van der Waals surface area contributed by atoms with Crippen molar-refractivity contribution in [3.8, 4) is 0 Å². The molecule has 0 heterocycles. The highest BCUT2D eigenvalue weighted by atomic mass is 16.3. The molecule has 17 heavy (non-hydrogen) atoms. The summed E-state index contributed by atoms with van der Waals surface area (Å²) in [5.41, 5.74) is 4.55. The molecular formula is C16H16O. The van der Waals surface area contributed by atoms with Crippen molar-refractivity contribution in [3.05, 3.63) is 70.8 Å². The lowest BCUT2D eigenvalue weighted by Crippen LogP contribution is -1.81. The van der Waals surface area contributed by atoms with Crippen molar-refractivity contribution in [1.82, 2.24) is 0 Å². The minimum atomic E-state index is 0.0992. The third-order valence-electron chi connectivity index (χ3n) is 2.71. The first kappa shape index (κ1) is 11.6. The summed E-state index contributed by atoms with van der Waals surface area (Å²) in [6, 6.07) is 16.3. The van der Waals surface area contributed by atoms with Crippen molar-refractivity contribution < 1.29 is 5.11 Å². The minimum Gasteiger partial charge on any atom is -0.392 e. The molecule has 0 fully saturated rings. The van der Waals surface area contributed by atoms with Crippen LogP contribution in [0.25, 0.3) is 12.2 Å². The van der Waals surface area contributed by atoms with Gasteiger partial charge in [0.2, 0.25) is 0 Å². The summed E-state index contributed by atoms with van der Waals surface area (Å²) < 4.78 is 0. The molecule has 0 aliphatic rings. The standard InChI is InChI=1S/C16H16O/c1-13-2-4-14(5-3-13)6-7-15-8-10-16(12-17)11-9-15/h2-11,17H,12H2,1H3. The quantitative estimate of drug-likeness (QED) is 0.789. The second-order valence-corrected chi connectivity index (χ2v) is 4.14. The van der Waals surface area contributed by atoms with E-state index in [-0.39, 0.29) is 6.61 Å². The zero-order chi connectivity index (χ0) is 12.1. The Hall–Kier alpha value is -1.86. The summed E-state index contributed by atoms with van der Waals surface area (Å²) >= 11 is 0. The Kier molecular flexibility index (Phi) is 3.73. The number of hydrogen-bond donors (Lipinski definition) is 1. The van der Waals surface area contributed by atoms with E-state index in [2.05, 4.69) is 43.3 Å². The van der Waals surface area contributed by atoms with Gasteiger partial charge in [-0.3, -0.25) is 0 Å². The van der Waals surface area contributed by atoms with Crippen molar-refractivity contribution in [3.63, 3.8) is 0 Å². The van der Waals surface area contributed by atoms with Crippen LogP contribution in [0.2, 0.25) is 0 Å². The maximum absolute atomic E-state index is 8.94. The molecule has 2 rings (SSSR count). The van der Waals surface area contributed by atoms with Crippen LogP contribution >= 0.6 is 0 Å². The fourth-order valence-corrected chi connectivity index (χ4v) is 1.60. The lowest BCUT2D eigenvalue weighted by molar-refractivity contribution is 0.282. The maximum atomic E-state index is 8.94. The van der Waals surface area contributed by atoms with Crippen LogP contribution < -0.4 is 0 Å². The van der Waals surface area contributed by atoms with E-state index in [1.54, 1.807) is 0 Å². The van der Waals surface area contributed by atoms with E-state index in [0.717, 1.165) is 11.1 Å². The van der Waals surface area contributed by atoms with E-state index in [4.69, 9.17) is 5.11 Å². The van der Waals surface area contributed by atoms with Gasteiger partial charge in [0, 0.05) is 0 Å². The Bertz CT molecular complexity index is 492. The topological polar surface area (TPSA) is 20.2 Å². The SMILES string of the molecule is Cc1ccc(C=Cc2ccc(CO)cc2)cc1. The Morgan fingerprint density at radius 2 is 1.29 bits per heavy atom. The Balaban J connectivity index is 2.11. The molecule has 0 aliphatic heterocycles. The number of benzene rings is 2. The molecule has 0 saturated heterocycles. The highest BCUT2D eigenvalue weighted by molar-refractivity contribution is 5.69. The van der Waals surface area contributed by atoms with Gasteiger partial charge in [-0.1, -0.05) is 66.2 Å². The zero-order valence-electron chi connectivity index (χ0n) is 9.93. The minimum absolute atomic E-state index is 0.0992. The summed E-state index contributed by atoms with van der Waals surface area (Å²) in [4.78, 5) is 0. The fourth-order valence-electron chi connectivity index (χ4n) is 1.60. The Morgan fingerprint density at radius 3 is 1.76 bits per heavy atom. The second kappa shape index (κ2) is 5.46. The third kappa shape index (κ3) is 3.30. The monoisotopic (exact) mass is 224 g/mol. The van der Waals surface area contributed by atoms with E-state index in [1.807, 2.05) is 24.3 Å². The van der Waals surface area contributed by atoms with Crippen molar-refractivity contribution in [2.75, 3.05) is 0 Å². The fraction of sp³-hybridized carbons (Fsp3) is 0.125. The maximum Gasteiger partial charge on any atom is 0.0681 e. The van der Waals surface area contributed by atoms with Crippen LogP contribution in [0.15, 0.2) is 48.5 Å². The third-order valence-corrected chi connectivity index (χ3v) is 2.71. The lowest BCUT2D eigenvalue weighted by atomic mass is 10.1. The molecule has 1 heteroatoms. The summed E-state index contributed by atoms with van der Waals surface area (Å²) in [5, 5.41) is 8.94. The first-order valence-corrected chi connectivity index (χ1v) is 5.72. The average molecular weight is 224 g/mol. The Labute approximate surface area is 102 Å². The van der Waals surface area contributed by atoms with Crippen LogP contribution in [-0.2, 0) is 6.61 Å². The van der Waals surface area contributed by atoms with Crippen molar-refractivity contribution in [1.29, 1.82) is 0 Å². The summed E-state index contributed by atoms with van der Waals surface area (Å²) in [7, 11) is 0. The molecule has 0 aliphatic carbocycles. The molecule has 1 nitrogen and oxygen atoms in total. The van der Waals surface area contributed by atoms with Crippen LogP contribution in [0.1, 0.15) is 22.3 Å².